The van der Waals surface area contributed by atoms with Gasteiger partial charge in [-0.15, -0.1) is 13.2 Å². The quantitative estimate of drug-likeness (QED) is 0.121. The molecule has 0 bridgehead atoms. The zero-order valence-electron chi connectivity index (χ0n) is 30.3. The Morgan fingerprint density at radius 3 is 1.80 bits per heavy atom. The van der Waals surface area contributed by atoms with Crippen molar-refractivity contribution >= 4 is 23.6 Å². The number of aliphatic hydroxyl groups excluding tert-OH is 1. The maximum Gasteiger partial charge on any atom is 0.573 e. The highest BCUT2D eigenvalue weighted by atomic mass is 19.4. The summed E-state index contributed by atoms with van der Waals surface area (Å²) in [6, 6.07) is 10.2. The highest BCUT2D eigenvalue weighted by Gasteiger charge is 2.33. The Morgan fingerprint density at radius 2 is 1.29 bits per heavy atom. The second-order valence-electron chi connectivity index (χ2n) is 13.4. The lowest BCUT2D eigenvalue weighted by Gasteiger charge is -2.31. The molecule has 0 aliphatic heterocycles. The number of nitrogens with one attached hydrogen (secondary N) is 4. The van der Waals surface area contributed by atoms with Crippen molar-refractivity contribution in [2.45, 2.75) is 110 Å². The summed E-state index contributed by atoms with van der Waals surface area (Å²) in [5.74, 6) is -3.10. The molecule has 0 fully saturated rings. The number of aliphatic hydroxyl groups is 1. The molecule has 0 heterocycles. The largest absolute Gasteiger partial charge is 0.573 e. The molecule has 14 heteroatoms. The monoisotopic (exact) mass is 721 g/mol. The molecule has 0 saturated carbocycles. The number of carbonyl (C=O) groups excluding carboxylic acids is 4. The van der Waals surface area contributed by atoms with Crippen molar-refractivity contribution in [1.82, 2.24) is 21.3 Å². The van der Waals surface area contributed by atoms with Crippen LogP contribution in [0.1, 0.15) is 71.9 Å². The van der Waals surface area contributed by atoms with Crippen LogP contribution in [0.25, 0.3) is 0 Å². The van der Waals surface area contributed by atoms with Gasteiger partial charge in [-0.25, -0.2) is 0 Å². The van der Waals surface area contributed by atoms with Crippen molar-refractivity contribution < 1.29 is 42.2 Å². The van der Waals surface area contributed by atoms with Gasteiger partial charge in [-0.3, -0.25) is 19.2 Å². The smallest absolute Gasteiger partial charge is 0.406 e. The molecule has 2 aromatic carbocycles. The average molecular weight is 722 g/mol. The highest BCUT2D eigenvalue weighted by molar-refractivity contribution is 5.90. The lowest BCUT2D eigenvalue weighted by atomic mass is 9.93. The van der Waals surface area contributed by atoms with Gasteiger partial charge < -0.3 is 36.8 Å². The van der Waals surface area contributed by atoms with Crippen molar-refractivity contribution in [3.05, 3.63) is 65.7 Å². The summed E-state index contributed by atoms with van der Waals surface area (Å²) in [6.07, 6.45) is -4.06. The van der Waals surface area contributed by atoms with Crippen LogP contribution in [-0.2, 0) is 32.0 Å². The first-order valence-electron chi connectivity index (χ1n) is 17.4. The molecule has 2 aromatic rings. The third kappa shape index (κ3) is 14.9. The summed E-state index contributed by atoms with van der Waals surface area (Å²) in [7, 11) is 0. The van der Waals surface area contributed by atoms with Gasteiger partial charge in [0.05, 0.1) is 19.1 Å². The minimum atomic E-state index is -4.89. The Balaban J connectivity index is 2.24. The van der Waals surface area contributed by atoms with Crippen LogP contribution in [0.4, 0.5) is 13.2 Å². The highest BCUT2D eigenvalue weighted by Crippen LogP contribution is 2.23. The molecular weight excluding hydrogens is 667 g/mol. The number of halogens is 3. The third-order valence-electron chi connectivity index (χ3n) is 9.01. The fourth-order valence-corrected chi connectivity index (χ4v) is 5.40. The average Bonchev–Trinajstić information content (AvgIpc) is 3.06. The number of ether oxygens (including phenoxy) is 1. The van der Waals surface area contributed by atoms with E-state index >= 15 is 0 Å². The first-order valence-corrected chi connectivity index (χ1v) is 17.4. The first-order chi connectivity index (χ1) is 24.0. The van der Waals surface area contributed by atoms with Crippen LogP contribution >= 0.6 is 0 Å². The molecule has 0 aromatic heterocycles. The third-order valence-corrected chi connectivity index (χ3v) is 9.01. The standard InChI is InChI=1S/C37H54F3N5O6/c1-7-23(5)33(44-31(47)19-26-15-12-16-27(17-26)51-37(38,39)40)35(49)42-29(18-25-13-10-9-11-14-25)28(41)20-32(48)45-34(24(6)8-2)36(50)43-30(21-46)22(3)4/h9-17,22-24,28-30,33-34,46H,7-8,18-21,41H2,1-6H3,(H,42,49)(H,43,50)(H,44,47)(H,45,48)/t23-,24-,28-,29?,30+,33-,34?/m0/s1. The van der Waals surface area contributed by atoms with Crippen LogP contribution in [0, 0.1) is 17.8 Å². The zero-order chi connectivity index (χ0) is 38.3. The number of rotatable bonds is 20. The van der Waals surface area contributed by atoms with Gasteiger partial charge in [-0.1, -0.05) is 96.8 Å². The molecule has 4 amide bonds. The minimum Gasteiger partial charge on any atom is -0.406 e. The Morgan fingerprint density at radius 1 is 0.765 bits per heavy atom. The topological polar surface area (TPSA) is 172 Å². The lowest BCUT2D eigenvalue weighted by Crippen LogP contribution is -2.58. The molecule has 11 nitrogen and oxygen atoms in total. The number of amides is 4. The Bertz CT molecular complexity index is 1410. The van der Waals surface area contributed by atoms with Gasteiger partial charge in [-0.05, 0) is 47.4 Å². The summed E-state index contributed by atoms with van der Waals surface area (Å²) >= 11 is 0. The molecule has 7 N–H and O–H groups in total. The predicted octanol–water partition coefficient (Wildman–Crippen LogP) is 3.77. The number of alkyl halides is 3. The van der Waals surface area contributed by atoms with E-state index in [1.54, 1.807) is 6.92 Å². The molecule has 7 atom stereocenters. The maximum absolute atomic E-state index is 13.8. The summed E-state index contributed by atoms with van der Waals surface area (Å²) in [4.78, 5) is 53.5. The van der Waals surface area contributed by atoms with Gasteiger partial charge in [0, 0.05) is 18.5 Å². The number of hydrogen-bond donors (Lipinski definition) is 6. The molecule has 0 aliphatic carbocycles. The summed E-state index contributed by atoms with van der Waals surface area (Å²) < 4.78 is 42.1. The van der Waals surface area contributed by atoms with Gasteiger partial charge in [0.25, 0.3) is 0 Å². The van der Waals surface area contributed by atoms with Crippen molar-refractivity contribution in [3.63, 3.8) is 0 Å². The lowest BCUT2D eigenvalue weighted by molar-refractivity contribution is -0.274. The summed E-state index contributed by atoms with van der Waals surface area (Å²) in [5.41, 5.74) is 7.69. The molecule has 0 aliphatic rings. The fourth-order valence-electron chi connectivity index (χ4n) is 5.40. The van der Waals surface area contributed by atoms with E-state index in [2.05, 4.69) is 26.0 Å². The van der Waals surface area contributed by atoms with Crippen LogP contribution in [0.5, 0.6) is 5.75 Å². The maximum atomic E-state index is 13.8. The predicted molar refractivity (Wildman–Crippen MR) is 188 cm³/mol. The van der Waals surface area contributed by atoms with Gasteiger partial charge in [0.1, 0.15) is 17.8 Å². The second kappa shape index (κ2) is 20.6. The fraction of sp³-hybridized carbons (Fsp3) is 0.568. The van der Waals surface area contributed by atoms with E-state index in [0.717, 1.165) is 17.7 Å². The normalized spacial score (nSPS) is 15.8. The molecule has 0 saturated heterocycles. The number of nitrogens with two attached hydrogens (primary N) is 1. The Hall–Kier alpha value is -4.17. The van der Waals surface area contributed by atoms with Crippen LogP contribution in [-0.4, -0.2) is 71.9 Å². The van der Waals surface area contributed by atoms with E-state index in [0.29, 0.717) is 12.8 Å². The SMILES string of the molecule is CC[C@H](C)C(NC(=O)C[C@H](N)C(Cc1ccccc1)NC(=O)[C@@H](NC(=O)Cc1cccc(OC(F)(F)F)c1)[C@@H](C)CC)C(=O)N[C@H](CO)C(C)C. The molecular formula is C37H54F3N5O6. The number of carbonyl (C=O) groups is 4. The van der Waals surface area contributed by atoms with Crippen LogP contribution in [0.2, 0.25) is 0 Å². The van der Waals surface area contributed by atoms with Crippen LogP contribution in [0.15, 0.2) is 54.6 Å². The molecule has 2 unspecified atom stereocenters. The molecule has 0 radical (unpaired) electrons. The molecule has 2 rings (SSSR count). The van der Waals surface area contributed by atoms with E-state index in [9.17, 15) is 37.5 Å². The second-order valence-corrected chi connectivity index (χ2v) is 13.4. The Kier molecular flexibility index (Phi) is 17.4. The van der Waals surface area contributed by atoms with Crippen molar-refractivity contribution in [2.24, 2.45) is 23.5 Å². The summed E-state index contributed by atoms with van der Waals surface area (Å²) in [6.45, 7) is 10.8. The van der Waals surface area contributed by atoms with Gasteiger partial charge in [0.15, 0.2) is 0 Å². The number of hydrogen-bond acceptors (Lipinski definition) is 7. The first kappa shape index (κ1) is 43.0. The van der Waals surface area contributed by atoms with E-state index in [1.165, 1.54) is 12.1 Å². The van der Waals surface area contributed by atoms with Crippen LogP contribution < -0.4 is 31.7 Å². The van der Waals surface area contributed by atoms with Gasteiger partial charge in [-0.2, -0.15) is 0 Å². The van der Waals surface area contributed by atoms with Crippen molar-refractivity contribution in [2.75, 3.05) is 6.61 Å². The van der Waals surface area contributed by atoms with Crippen molar-refractivity contribution in [3.8, 4) is 5.75 Å². The van der Waals surface area contributed by atoms with E-state index in [-0.39, 0.29) is 49.2 Å². The molecule has 0 spiro atoms. The molecule has 284 valence electrons. The van der Waals surface area contributed by atoms with E-state index in [1.807, 2.05) is 65.0 Å². The van der Waals surface area contributed by atoms with E-state index in [4.69, 9.17) is 5.73 Å². The minimum absolute atomic E-state index is 0.0314. The van der Waals surface area contributed by atoms with Crippen molar-refractivity contribution in [1.29, 1.82) is 0 Å². The summed E-state index contributed by atoms with van der Waals surface area (Å²) in [5, 5.41) is 21.0. The molecule has 51 heavy (non-hydrogen) atoms. The van der Waals surface area contributed by atoms with E-state index < -0.39 is 65.9 Å². The van der Waals surface area contributed by atoms with Gasteiger partial charge in [0.2, 0.25) is 23.6 Å². The Labute approximate surface area is 298 Å². The van der Waals surface area contributed by atoms with Crippen LogP contribution in [0.3, 0.4) is 0 Å². The van der Waals surface area contributed by atoms with Gasteiger partial charge >= 0.3 is 6.36 Å². The number of benzene rings is 2. The zero-order valence-corrected chi connectivity index (χ0v) is 30.3.